The van der Waals surface area contributed by atoms with E-state index in [2.05, 4.69) is 10.3 Å². The highest BCUT2D eigenvalue weighted by atomic mass is 32.1. The Hall–Kier alpha value is -1.69. The number of anilines is 1. The lowest BCUT2D eigenvalue weighted by Crippen LogP contribution is -2.36. The Morgan fingerprint density at radius 3 is 2.58 bits per heavy atom. The molecule has 1 atom stereocenters. The third-order valence-corrected chi connectivity index (χ3v) is 2.93. The quantitative estimate of drug-likeness (QED) is 0.631. The molecule has 0 amide bonds. The smallest absolute Gasteiger partial charge is 0.328 e. The van der Waals surface area contributed by atoms with Crippen LogP contribution in [0.4, 0.5) is 5.82 Å². The van der Waals surface area contributed by atoms with Gasteiger partial charge in [-0.15, -0.1) is 0 Å². The van der Waals surface area contributed by atoms with E-state index in [1.807, 2.05) is 26.8 Å². The van der Waals surface area contributed by atoms with Crippen molar-refractivity contribution < 1.29 is 9.53 Å². The maximum Gasteiger partial charge on any atom is 0.328 e. The lowest BCUT2D eigenvalue weighted by Gasteiger charge is -2.22. The Morgan fingerprint density at radius 2 is 2.11 bits per heavy atom. The van der Waals surface area contributed by atoms with Gasteiger partial charge in [0.2, 0.25) is 0 Å². The van der Waals surface area contributed by atoms with Crippen LogP contribution in [0.25, 0.3) is 0 Å². The summed E-state index contributed by atoms with van der Waals surface area (Å²) in [6.45, 7) is 5.70. The molecule has 1 heterocycles. The first-order chi connectivity index (χ1) is 8.86. The van der Waals surface area contributed by atoms with Crippen molar-refractivity contribution in [3.63, 3.8) is 0 Å². The Kier molecular flexibility index (Phi) is 5.23. The number of methoxy groups -OCH3 is 1. The van der Waals surface area contributed by atoms with Crippen molar-refractivity contribution in [3.8, 4) is 0 Å². The van der Waals surface area contributed by atoms with E-state index in [1.165, 1.54) is 7.11 Å². The van der Waals surface area contributed by atoms with E-state index in [-0.39, 0.29) is 16.9 Å². The number of hydrogen-bond donors (Lipinski definition) is 2. The van der Waals surface area contributed by atoms with Gasteiger partial charge in [0.05, 0.1) is 12.7 Å². The first-order valence-electron chi connectivity index (χ1n) is 5.98. The Bertz CT molecular complexity index is 489. The fourth-order valence-corrected chi connectivity index (χ4v) is 1.80. The standard InChI is InChI=1S/C13H19N3O2S/c1-7(2)10(13(17)18-4)16-12-9(11(14)19)6-5-8(3)15-12/h5-7,10H,1-4H3,(H2,14,19)(H,15,16). The number of carbonyl (C=O) groups excluding carboxylic acids is 1. The zero-order chi connectivity index (χ0) is 14.6. The molecule has 6 heteroatoms. The number of hydrogen-bond acceptors (Lipinski definition) is 5. The molecule has 0 aliphatic heterocycles. The minimum atomic E-state index is -0.493. The van der Waals surface area contributed by atoms with Crippen molar-refractivity contribution in [2.75, 3.05) is 12.4 Å². The number of nitrogens with two attached hydrogens (primary N) is 1. The maximum absolute atomic E-state index is 11.7. The summed E-state index contributed by atoms with van der Waals surface area (Å²) in [6.07, 6.45) is 0. The molecular weight excluding hydrogens is 262 g/mol. The van der Waals surface area contributed by atoms with E-state index in [0.29, 0.717) is 11.4 Å². The lowest BCUT2D eigenvalue weighted by molar-refractivity contribution is -0.142. The Balaban J connectivity index is 3.11. The number of pyridine rings is 1. The van der Waals surface area contributed by atoms with Gasteiger partial charge in [0.15, 0.2) is 0 Å². The fraction of sp³-hybridized carbons (Fsp3) is 0.462. The first-order valence-corrected chi connectivity index (χ1v) is 6.39. The van der Waals surface area contributed by atoms with E-state index >= 15 is 0 Å². The minimum absolute atomic E-state index is 0.0500. The molecule has 0 aliphatic carbocycles. The van der Waals surface area contributed by atoms with Crippen LogP contribution >= 0.6 is 12.2 Å². The number of aryl methyl sites for hydroxylation is 1. The molecular formula is C13H19N3O2S. The molecule has 0 radical (unpaired) electrons. The molecule has 0 saturated heterocycles. The van der Waals surface area contributed by atoms with Crippen LogP contribution < -0.4 is 11.1 Å². The second kappa shape index (κ2) is 6.47. The number of thiocarbonyl (C=S) groups is 1. The molecule has 0 spiro atoms. The van der Waals surface area contributed by atoms with E-state index in [9.17, 15) is 4.79 Å². The number of nitrogens with one attached hydrogen (secondary N) is 1. The maximum atomic E-state index is 11.7. The SMILES string of the molecule is COC(=O)C(Nc1nc(C)ccc1C(N)=S)C(C)C. The van der Waals surface area contributed by atoms with Gasteiger partial charge in [0.25, 0.3) is 0 Å². The number of esters is 1. The predicted octanol–water partition coefficient (Wildman–Crippen LogP) is 1.63. The molecule has 104 valence electrons. The number of aromatic nitrogens is 1. The second-order valence-electron chi connectivity index (χ2n) is 4.60. The number of rotatable bonds is 5. The molecule has 1 aromatic rings. The molecule has 3 N–H and O–H groups in total. The van der Waals surface area contributed by atoms with Gasteiger partial charge in [-0.1, -0.05) is 26.1 Å². The Labute approximate surface area is 118 Å². The van der Waals surface area contributed by atoms with Crippen molar-refractivity contribution in [2.45, 2.75) is 26.8 Å². The molecule has 1 unspecified atom stereocenters. The van der Waals surface area contributed by atoms with Crippen LogP contribution in [0.1, 0.15) is 25.1 Å². The molecule has 0 aliphatic rings. The van der Waals surface area contributed by atoms with Crippen LogP contribution in [-0.4, -0.2) is 29.1 Å². The lowest BCUT2D eigenvalue weighted by atomic mass is 10.0. The van der Waals surface area contributed by atoms with Crippen molar-refractivity contribution >= 4 is 29.0 Å². The van der Waals surface area contributed by atoms with Gasteiger partial charge in [-0.25, -0.2) is 9.78 Å². The monoisotopic (exact) mass is 281 g/mol. The average Bonchev–Trinajstić information content (AvgIpc) is 2.34. The summed E-state index contributed by atoms with van der Waals surface area (Å²) in [7, 11) is 1.36. The average molecular weight is 281 g/mol. The second-order valence-corrected chi connectivity index (χ2v) is 5.04. The van der Waals surface area contributed by atoms with Crippen molar-refractivity contribution in [2.24, 2.45) is 11.7 Å². The first kappa shape index (κ1) is 15.4. The van der Waals surface area contributed by atoms with Crippen LogP contribution in [-0.2, 0) is 9.53 Å². The van der Waals surface area contributed by atoms with Crippen molar-refractivity contribution in [1.29, 1.82) is 0 Å². The molecule has 0 bridgehead atoms. The minimum Gasteiger partial charge on any atom is -0.467 e. The van der Waals surface area contributed by atoms with Gasteiger partial charge in [0, 0.05) is 5.69 Å². The fourth-order valence-electron chi connectivity index (χ4n) is 1.64. The van der Waals surface area contributed by atoms with E-state index in [1.54, 1.807) is 6.07 Å². The van der Waals surface area contributed by atoms with E-state index in [0.717, 1.165) is 5.69 Å². The summed E-state index contributed by atoms with van der Waals surface area (Å²) in [5.74, 6) is 0.220. The zero-order valence-corrected chi connectivity index (χ0v) is 12.4. The molecule has 1 aromatic heterocycles. The zero-order valence-electron chi connectivity index (χ0n) is 11.6. The summed E-state index contributed by atoms with van der Waals surface area (Å²) in [4.78, 5) is 16.3. The summed E-state index contributed by atoms with van der Waals surface area (Å²) in [6, 6.07) is 3.12. The molecule has 1 rings (SSSR count). The third kappa shape index (κ3) is 3.89. The van der Waals surface area contributed by atoms with Crippen molar-refractivity contribution in [1.82, 2.24) is 4.98 Å². The summed E-state index contributed by atoms with van der Waals surface area (Å²) >= 11 is 4.99. The van der Waals surface area contributed by atoms with Gasteiger partial charge >= 0.3 is 5.97 Å². The van der Waals surface area contributed by atoms with Gasteiger partial charge in [-0.2, -0.15) is 0 Å². The van der Waals surface area contributed by atoms with Crippen LogP contribution in [0, 0.1) is 12.8 Å². The normalized spacial score (nSPS) is 12.1. The molecule has 19 heavy (non-hydrogen) atoms. The van der Waals surface area contributed by atoms with Crippen LogP contribution in [0.5, 0.6) is 0 Å². The summed E-state index contributed by atoms with van der Waals surface area (Å²) < 4.78 is 4.78. The van der Waals surface area contributed by atoms with E-state index in [4.69, 9.17) is 22.7 Å². The highest BCUT2D eigenvalue weighted by molar-refractivity contribution is 7.80. The summed E-state index contributed by atoms with van der Waals surface area (Å²) in [5, 5.41) is 3.07. The Morgan fingerprint density at radius 1 is 1.47 bits per heavy atom. The number of nitrogens with zero attached hydrogens (tertiary/aromatic N) is 1. The van der Waals surface area contributed by atoms with Crippen molar-refractivity contribution in [3.05, 3.63) is 23.4 Å². The van der Waals surface area contributed by atoms with Gasteiger partial charge < -0.3 is 15.8 Å². The third-order valence-electron chi connectivity index (χ3n) is 2.71. The van der Waals surface area contributed by atoms with Crippen LogP contribution in [0.15, 0.2) is 12.1 Å². The van der Waals surface area contributed by atoms with Crippen LogP contribution in [0.3, 0.4) is 0 Å². The highest BCUT2D eigenvalue weighted by Gasteiger charge is 2.24. The van der Waals surface area contributed by atoms with Gasteiger partial charge in [0.1, 0.15) is 16.8 Å². The molecule has 0 fully saturated rings. The molecule has 0 aromatic carbocycles. The number of carbonyl (C=O) groups is 1. The molecule has 0 saturated carbocycles. The predicted molar refractivity (Wildman–Crippen MR) is 79.1 cm³/mol. The summed E-state index contributed by atoms with van der Waals surface area (Å²) in [5.41, 5.74) is 7.10. The largest absolute Gasteiger partial charge is 0.467 e. The molecule has 5 nitrogen and oxygen atoms in total. The van der Waals surface area contributed by atoms with Gasteiger partial charge in [-0.3, -0.25) is 0 Å². The number of ether oxygens (including phenoxy) is 1. The van der Waals surface area contributed by atoms with E-state index < -0.39 is 6.04 Å². The topological polar surface area (TPSA) is 77.2 Å². The van der Waals surface area contributed by atoms with Crippen LogP contribution in [0.2, 0.25) is 0 Å². The van der Waals surface area contributed by atoms with Gasteiger partial charge in [-0.05, 0) is 25.0 Å². The highest BCUT2D eigenvalue weighted by Crippen LogP contribution is 2.17.